The van der Waals surface area contributed by atoms with Crippen LogP contribution in [0.4, 0.5) is 0 Å². The molecule has 0 bridgehead atoms. The highest BCUT2D eigenvalue weighted by Gasteiger charge is 2.23. The molecule has 26 heavy (non-hydrogen) atoms. The van der Waals surface area contributed by atoms with Crippen molar-refractivity contribution in [3.63, 3.8) is 0 Å². The van der Waals surface area contributed by atoms with E-state index in [9.17, 15) is 18.0 Å². The minimum absolute atomic E-state index is 0.0947. The van der Waals surface area contributed by atoms with Crippen molar-refractivity contribution < 1.29 is 18.0 Å². The number of hydrazine groups is 1. The second-order valence-electron chi connectivity index (χ2n) is 5.58. The summed E-state index contributed by atoms with van der Waals surface area (Å²) in [4.78, 5) is 24.0. The zero-order valence-corrected chi connectivity index (χ0v) is 16.6. The summed E-state index contributed by atoms with van der Waals surface area (Å²) in [5.74, 6) is -1.16. The van der Waals surface area contributed by atoms with Crippen molar-refractivity contribution in [2.45, 2.75) is 11.8 Å². The van der Waals surface area contributed by atoms with Gasteiger partial charge in [0.05, 0.1) is 11.4 Å². The molecule has 0 fully saturated rings. The maximum atomic E-state index is 12.4. The molecule has 0 spiro atoms. The monoisotopic (exact) mass is 439 g/mol. The number of halogens is 1. The molecular weight excluding hydrogens is 422 g/mol. The summed E-state index contributed by atoms with van der Waals surface area (Å²) >= 11 is 3.26. The number of nitrogens with one attached hydrogen (secondary N) is 2. The average molecular weight is 440 g/mol. The standard InChI is InChI=1S/C17H18BrN3O4S/c1-12-3-9-15(10-4-12)26(24,25)21(2)11-16(22)19-20-17(23)13-5-7-14(18)8-6-13/h3-10H,11H2,1-2H3,(H,19,22)(H,20,23). The normalized spacial score (nSPS) is 11.2. The molecule has 2 rings (SSSR count). The van der Waals surface area contributed by atoms with Crippen molar-refractivity contribution in [2.75, 3.05) is 13.6 Å². The summed E-state index contributed by atoms with van der Waals surface area (Å²) in [6.45, 7) is 1.42. The SMILES string of the molecule is Cc1ccc(S(=O)(=O)N(C)CC(=O)NNC(=O)c2ccc(Br)cc2)cc1. The molecular formula is C17H18BrN3O4S. The van der Waals surface area contributed by atoms with Crippen molar-refractivity contribution in [1.29, 1.82) is 0 Å². The van der Waals surface area contributed by atoms with E-state index >= 15 is 0 Å². The van der Waals surface area contributed by atoms with Crippen LogP contribution in [-0.2, 0) is 14.8 Å². The first kappa shape index (κ1) is 20.1. The summed E-state index contributed by atoms with van der Waals surface area (Å²) in [5.41, 5.74) is 5.74. The van der Waals surface area contributed by atoms with E-state index in [1.807, 2.05) is 6.92 Å². The summed E-state index contributed by atoms with van der Waals surface area (Å²) < 4.78 is 26.6. The molecule has 2 aromatic rings. The lowest BCUT2D eigenvalue weighted by Crippen LogP contribution is -2.46. The lowest BCUT2D eigenvalue weighted by Gasteiger charge is -2.17. The number of hydrogen-bond acceptors (Lipinski definition) is 4. The van der Waals surface area contributed by atoms with Gasteiger partial charge in [0.25, 0.3) is 11.8 Å². The first-order valence-corrected chi connectivity index (χ1v) is 9.81. The Hall–Kier alpha value is -2.23. The van der Waals surface area contributed by atoms with Gasteiger partial charge in [-0.25, -0.2) is 8.42 Å². The Morgan fingerprint density at radius 1 is 1.00 bits per heavy atom. The van der Waals surface area contributed by atoms with Gasteiger partial charge in [-0.1, -0.05) is 33.6 Å². The third kappa shape index (κ3) is 5.13. The molecule has 138 valence electrons. The highest BCUT2D eigenvalue weighted by molar-refractivity contribution is 9.10. The first-order valence-electron chi connectivity index (χ1n) is 7.58. The summed E-state index contributed by atoms with van der Waals surface area (Å²) in [7, 11) is -2.49. The molecule has 0 saturated carbocycles. The van der Waals surface area contributed by atoms with Gasteiger partial charge < -0.3 is 0 Å². The summed E-state index contributed by atoms with van der Waals surface area (Å²) in [5, 5.41) is 0. The van der Waals surface area contributed by atoms with Gasteiger partial charge in [0.15, 0.2) is 0 Å². The molecule has 2 aromatic carbocycles. The number of carbonyl (C=O) groups excluding carboxylic acids is 2. The van der Waals surface area contributed by atoms with Crippen molar-refractivity contribution in [3.8, 4) is 0 Å². The van der Waals surface area contributed by atoms with Crippen LogP contribution in [0.3, 0.4) is 0 Å². The lowest BCUT2D eigenvalue weighted by atomic mass is 10.2. The van der Waals surface area contributed by atoms with Crippen LogP contribution in [0.15, 0.2) is 57.9 Å². The quantitative estimate of drug-likeness (QED) is 0.694. The Morgan fingerprint density at radius 2 is 1.58 bits per heavy atom. The molecule has 0 heterocycles. The fraction of sp³-hybridized carbons (Fsp3) is 0.176. The van der Waals surface area contributed by atoms with Crippen molar-refractivity contribution in [2.24, 2.45) is 0 Å². The minimum atomic E-state index is -3.79. The molecule has 0 saturated heterocycles. The number of rotatable bonds is 5. The van der Waals surface area contributed by atoms with E-state index in [1.54, 1.807) is 36.4 Å². The van der Waals surface area contributed by atoms with E-state index in [1.165, 1.54) is 19.2 Å². The Morgan fingerprint density at radius 3 is 2.15 bits per heavy atom. The number of benzene rings is 2. The zero-order chi connectivity index (χ0) is 19.3. The van der Waals surface area contributed by atoms with Crippen LogP contribution in [0.25, 0.3) is 0 Å². The molecule has 0 aliphatic carbocycles. The van der Waals surface area contributed by atoms with Crippen LogP contribution in [0.1, 0.15) is 15.9 Å². The van der Waals surface area contributed by atoms with Gasteiger partial charge >= 0.3 is 0 Å². The molecule has 0 radical (unpaired) electrons. The van der Waals surface area contributed by atoms with E-state index in [4.69, 9.17) is 0 Å². The lowest BCUT2D eigenvalue weighted by molar-refractivity contribution is -0.121. The van der Waals surface area contributed by atoms with Crippen molar-refractivity contribution >= 4 is 37.8 Å². The van der Waals surface area contributed by atoms with Crippen molar-refractivity contribution in [3.05, 3.63) is 64.1 Å². The molecule has 9 heteroatoms. The zero-order valence-electron chi connectivity index (χ0n) is 14.2. The highest BCUT2D eigenvalue weighted by atomic mass is 79.9. The van der Waals surface area contributed by atoms with E-state index in [0.29, 0.717) is 5.56 Å². The molecule has 2 amide bonds. The number of likely N-dealkylation sites (N-methyl/N-ethyl adjacent to an activating group) is 1. The number of carbonyl (C=O) groups is 2. The Bertz CT molecular complexity index is 897. The van der Waals surface area contributed by atoms with Crippen molar-refractivity contribution in [1.82, 2.24) is 15.2 Å². The summed E-state index contributed by atoms with van der Waals surface area (Å²) in [6.07, 6.45) is 0. The Labute approximate surface area is 160 Å². The van der Waals surface area contributed by atoms with Gasteiger partial charge in [-0.05, 0) is 43.3 Å². The van der Waals surface area contributed by atoms with E-state index < -0.39 is 28.4 Å². The van der Waals surface area contributed by atoms with Crippen LogP contribution in [0.5, 0.6) is 0 Å². The van der Waals surface area contributed by atoms with E-state index in [0.717, 1.165) is 14.3 Å². The average Bonchev–Trinajstić information content (AvgIpc) is 2.60. The van der Waals surface area contributed by atoms with Gasteiger partial charge in [0.2, 0.25) is 10.0 Å². The maximum Gasteiger partial charge on any atom is 0.269 e. The minimum Gasteiger partial charge on any atom is -0.272 e. The second-order valence-corrected chi connectivity index (χ2v) is 8.54. The summed E-state index contributed by atoms with van der Waals surface area (Å²) in [6, 6.07) is 12.9. The molecule has 0 aliphatic heterocycles. The molecule has 0 aliphatic rings. The topological polar surface area (TPSA) is 95.6 Å². The molecule has 0 atom stereocenters. The van der Waals surface area contributed by atoms with Gasteiger partial charge in [-0.3, -0.25) is 20.4 Å². The number of aryl methyl sites for hydroxylation is 1. The van der Waals surface area contributed by atoms with Crippen LogP contribution in [0, 0.1) is 6.92 Å². The molecule has 7 nitrogen and oxygen atoms in total. The third-order valence-electron chi connectivity index (χ3n) is 3.52. The highest BCUT2D eigenvalue weighted by Crippen LogP contribution is 2.14. The smallest absolute Gasteiger partial charge is 0.269 e. The second kappa shape index (κ2) is 8.43. The fourth-order valence-electron chi connectivity index (χ4n) is 2.02. The number of nitrogens with zero attached hydrogens (tertiary/aromatic N) is 1. The predicted octanol–water partition coefficient (Wildman–Crippen LogP) is 1.84. The Kier molecular flexibility index (Phi) is 6.52. The fourth-order valence-corrected chi connectivity index (χ4v) is 3.41. The van der Waals surface area contributed by atoms with Crippen LogP contribution < -0.4 is 10.9 Å². The van der Waals surface area contributed by atoms with Crippen LogP contribution in [0.2, 0.25) is 0 Å². The van der Waals surface area contributed by atoms with E-state index in [2.05, 4.69) is 26.8 Å². The molecule has 2 N–H and O–H groups in total. The first-order chi connectivity index (χ1) is 12.2. The molecule has 0 aromatic heterocycles. The largest absolute Gasteiger partial charge is 0.272 e. The van der Waals surface area contributed by atoms with Gasteiger partial charge in [0, 0.05) is 17.1 Å². The number of amides is 2. The Balaban J connectivity index is 1.93. The number of sulfonamides is 1. The number of hydrogen-bond donors (Lipinski definition) is 2. The molecule has 0 unspecified atom stereocenters. The van der Waals surface area contributed by atoms with E-state index in [-0.39, 0.29) is 4.90 Å². The maximum absolute atomic E-state index is 12.4. The van der Waals surface area contributed by atoms with Crippen LogP contribution in [-0.4, -0.2) is 38.1 Å². The van der Waals surface area contributed by atoms with Crippen LogP contribution >= 0.6 is 15.9 Å². The third-order valence-corrected chi connectivity index (χ3v) is 5.86. The van der Waals surface area contributed by atoms with Gasteiger partial charge in [-0.2, -0.15) is 4.31 Å². The van der Waals surface area contributed by atoms with Gasteiger partial charge in [0.1, 0.15) is 0 Å². The van der Waals surface area contributed by atoms with Gasteiger partial charge in [-0.15, -0.1) is 0 Å². The predicted molar refractivity (Wildman–Crippen MR) is 101 cm³/mol.